The minimum absolute atomic E-state index is 0.124. The number of fused-ring (bicyclic) bond motifs is 12. The number of hydrogen-bond donors (Lipinski definition) is 4. The highest BCUT2D eigenvalue weighted by atomic mass is 32.1. The van der Waals surface area contributed by atoms with Crippen LogP contribution in [0.1, 0.15) is 161 Å². The Morgan fingerprint density at radius 3 is 1.10 bits per heavy atom. The Balaban J connectivity index is 0.000000109. The van der Waals surface area contributed by atoms with E-state index in [1.165, 1.54) is 59.0 Å². The fourth-order valence-corrected chi connectivity index (χ4v) is 23.4. The monoisotopic (exact) mass is 1690 g/mol. The molecule has 12 aliphatic rings. The molecule has 0 unspecified atom stereocenters. The molecule has 23 nitrogen and oxygen atoms in total. The molecule has 4 saturated heterocycles. The van der Waals surface area contributed by atoms with Crippen molar-refractivity contribution in [1.29, 1.82) is 0 Å². The highest BCUT2D eigenvalue weighted by molar-refractivity contribution is 7.80. The van der Waals surface area contributed by atoms with Crippen LogP contribution in [-0.4, -0.2) is 142 Å². The van der Waals surface area contributed by atoms with Crippen molar-refractivity contribution in [3.63, 3.8) is 0 Å². The average molecular weight is 1690 g/mol. The molecule has 11 amide bonds. The summed E-state index contributed by atoms with van der Waals surface area (Å²) in [7, 11) is 3.31. The number of halogens is 4. The molecule has 0 bridgehead atoms. The third-order valence-corrected chi connectivity index (χ3v) is 29.9. The lowest BCUT2D eigenvalue weighted by Gasteiger charge is -2.54. The smallest absolute Gasteiger partial charge is 0.325 e. The zero-order valence-corrected chi connectivity index (χ0v) is 70.3. The van der Waals surface area contributed by atoms with Gasteiger partial charge in [0.15, 0.2) is 0 Å². The van der Waals surface area contributed by atoms with Gasteiger partial charge in [0.25, 0.3) is 17.7 Å². The topological polar surface area (TPSA) is 252 Å². The second-order valence-electron chi connectivity index (χ2n) is 35.7. The van der Waals surface area contributed by atoms with E-state index in [1.807, 2.05) is 109 Å². The summed E-state index contributed by atoms with van der Waals surface area (Å²) < 4.78 is 60.9. The van der Waals surface area contributed by atoms with Crippen molar-refractivity contribution in [2.24, 2.45) is 21.7 Å². The first-order valence-electron chi connectivity index (χ1n) is 42.3. The van der Waals surface area contributed by atoms with Crippen LogP contribution in [-0.2, 0) is 53.2 Å². The van der Waals surface area contributed by atoms with Crippen molar-refractivity contribution in [3.8, 4) is 22.7 Å². The molecule has 4 N–H and O–H groups in total. The Hall–Kier alpha value is -13.0. The number of rotatable bonds is 8. The van der Waals surface area contributed by atoms with Crippen LogP contribution in [0.25, 0.3) is 47.1 Å². The Morgan fingerprint density at radius 1 is 0.387 bits per heavy atom. The molecular weight excluding hydrogens is 1600 g/mol. The highest BCUT2D eigenvalue weighted by Crippen LogP contribution is 2.62. The number of aromatic nitrogens is 8. The number of imide groups is 3. The number of thiocarbonyl (C=S) groups is 1. The summed E-state index contributed by atoms with van der Waals surface area (Å²) in [5.74, 6) is -1.68. The summed E-state index contributed by atoms with van der Waals surface area (Å²) in [4.78, 5) is 98.2. The van der Waals surface area contributed by atoms with E-state index in [4.69, 9.17) is 12.2 Å². The predicted molar refractivity (Wildman–Crippen MR) is 461 cm³/mol. The number of benzene rings is 6. The summed E-state index contributed by atoms with van der Waals surface area (Å²) in [6.07, 6.45) is 28.2. The lowest BCUT2D eigenvalue weighted by atomic mass is 9.54. The first-order valence-corrected chi connectivity index (χ1v) is 42.7. The van der Waals surface area contributed by atoms with Gasteiger partial charge in [0.2, 0.25) is 0 Å². The molecule has 28 heteroatoms. The fourth-order valence-electron chi connectivity index (χ4n) is 22.9. The maximum absolute atomic E-state index is 13.9. The predicted octanol–water partition coefficient (Wildman–Crippen LogP) is 16.2. The Bertz CT molecular complexity index is 6240. The summed E-state index contributed by atoms with van der Waals surface area (Å²) in [5, 5.41) is 29.3. The van der Waals surface area contributed by atoms with E-state index in [0.717, 1.165) is 160 Å². The largest absolute Gasteiger partial charge is 0.327 e. The maximum Gasteiger partial charge on any atom is 0.327 e. The molecule has 8 heterocycles. The first kappa shape index (κ1) is 80.7. The normalized spacial score (nSPS) is 27.1. The van der Waals surface area contributed by atoms with Crippen LogP contribution in [0.4, 0.5) is 36.7 Å². The van der Waals surface area contributed by atoms with Gasteiger partial charge in [0.1, 0.15) is 50.4 Å². The van der Waals surface area contributed by atoms with Crippen LogP contribution < -0.4 is 21.3 Å². The van der Waals surface area contributed by atoms with E-state index in [2.05, 4.69) is 93.7 Å². The summed E-state index contributed by atoms with van der Waals surface area (Å²) >= 11 is 5.58. The van der Waals surface area contributed by atoms with Crippen molar-refractivity contribution in [1.82, 2.24) is 80.0 Å². The summed E-state index contributed by atoms with van der Waals surface area (Å²) in [5.41, 5.74) is 12.8. The van der Waals surface area contributed by atoms with Crippen LogP contribution in [0.2, 0.25) is 0 Å². The Morgan fingerprint density at radius 2 is 0.718 bits per heavy atom. The Labute approximate surface area is 718 Å². The lowest BCUT2D eigenvalue weighted by molar-refractivity contribution is -0.140. The molecule has 0 radical (unpaired) electrons. The van der Waals surface area contributed by atoms with Crippen molar-refractivity contribution in [3.05, 3.63) is 284 Å². The van der Waals surface area contributed by atoms with E-state index in [9.17, 15) is 51.1 Å². The SMILES string of the molecule is CN1C(=O)N(Cc2ccccc2)[C@@]2(CCCC3=Cc4c(cnn4-c4ccc(F)cc4)C[C@@]32C)C1=O.CN1C(=O)NC(=O)[C@]12CCCC1=Cc3c(cnn3-c3ccc(F)cc3)C[C@@]12C.C[C@]12Cc3cnn(-c4ccc(F)cc4)c3C=C1CCC[C@]21C(=O)NC(=O)N1Cc1ccccc1.C[C@]12Cc3cnn(-c4ccc(F)cc4)c3C=C1CCC[C@]21NC(=O)NC1=S. The number of nitrogens with zero attached hydrogens (tertiary/aromatic N) is 12. The fraction of sp³-hybridized carbons (Fsp3) is 0.333. The van der Waals surface area contributed by atoms with Gasteiger partial charge in [-0.15, -0.1) is 0 Å². The Kier molecular flexibility index (Phi) is 19.5. The lowest BCUT2D eigenvalue weighted by Crippen LogP contribution is -2.63. The quantitative estimate of drug-likeness (QED) is 0.0630. The maximum atomic E-state index is 13.9. The number of nitrogens with one attached hydrogen (secondary N) is 4. The van der Waals surface area contributed by atoms with E-state index < -0.39 is 38.4 Å². The summed E-state index contributed by atoms with van der Waals surface area (Å²) in [6, 6.07) is 43.7. The van der Waals surface area contributed by atoms with Gasteiger partial charge < -0.3 is 25.3 Å². The van der Waals surface area contributed by atoms with Crippen LogP contribution in [0.5, 0.6) is 0 Å². The molecule has 10 aromatic rings. The third kappa shape index (κ3) is 12.3. The van der Waals surface area contributed by atoms with E-state index in [-0.39, 0.29) is 70.5 Å². The van der Waals surface area contributed by atoms with Gasteiger partial charge in [-0.25, -0.2) is 55.5 Å². The number of hydrogen-bond acceptors (Lipinski definition) is 12. The van der Waals surface area contributed by atoms with Gasteiger partial charge in [-0.2, -0.15) is 20.4 Å². The molecule has 6 aromatic carbocycles. The molecule has 4 spiro atoms. The van der Waals surface area contributed by atoms with Crippen molar-refractivity contribution >= 4 is 83.4 Å². The number of likely N-dealkylation sites (N-methyl/N-ethyl adjacent to an activating group) is 2. The molecule has 8 atom stereocenters. The highest BCUT2D eigenvalue weighted by Gasteiger charge is 2.70. The van der Waals surface area contributed by atoms with Crippen LogP contribution in [0.3, 0.4) is 0 Å². The molecule has 4 aromatic heterocycles. The number of carbonyl (C=O) groups excluding carboxylic acids is 7. The van der Waals surface area contributed by atoms with Crippen LogP contribution >= 0.6 is 12.2 Å². The molecule has 4 saturated carbocycles. The minimum Gasteiger partial charge on any atom is -0.325 e. The second kappa shape index (κ2) is 29.9. The molecule has 4 aliphatic heterocycles. The van der Waals surface area contributed by atoms with Gasteiger partial charge >= 0.3 is 24.1 Å². The van der Waals surface area contributed by atoms with E-state index in [1.54, 1.807) is 72.4 Å². The minimum atomic E-state index is -0.959. The summed E-state index contributed by atoms with van der Waals surface area (Å²) in [6.45, 7) is 9.30. The van der Waals surface area contributed by atoms with Crippen molar-refractivity contribution in [2.45, 2.75) is 166 Å². The first-order chi connectivity index (χ1) is 59.6. The van der Waals surface area contributed by atoms with Crippen molar-refractivity contribution < 1.29 is 51.1 Å². The molecule has 124 heavy (non-hydrogen) atoms. The zero-order valence-electron chi connectivity index (χ0n) is 69.5. The zero-order chi connectivity index (χ0) is 86.4. The molecular formula is C96H92F4N16O7S. The van der Waals surface area contributed by atoms with Gasteiger partial charge in [0, 0.05) is 48.8 Å². The van der Waals surface area contributed by atoms with Gasteiger partial charge in [-0.3, -0.25) is 29.9 Å². The molecule has 8 aliphatic carbocycles. The molecule has 22 rings (SSSR count). The molecule has 8 fully saturated rings. The van der Waals surface area contributed by atoms with Crippen molar-refractivity contribution in [2.75, 3.05) is 14.1 Å². The third-order valence-electron chi connectivity index (χ3n) is 29.4. The number of amides is 11. The van der Waals surface area contributed by atoms with Crippen LogP contribution in [0.15, 0.2) is 205 Å². The standard InChI is InChI=1S/C28H27FN4O2.C27H25FN4O2.C21H21FN4O2.C20H19FN4OS/c1-27-16-20-17-30-33(23-12-10-22(29)11-13-23)24(20)15-21(27)9-6-14-28(27)25(34)31(2)26(35)32(28)18-19-7-4-3-5-8-19;1-26-15-19-16-29-32(22-11-9-21(28)10-12-22)23(19)14-20(26)8-5-13-27(26)24(33)30-25(34)31(27)17-18-6-3-2-4-7-18;1-20-11-13-12-23-26(16-7-5-15(22)6-8-16)17(13)10-14(20)4-3-9-21(20)18(27)24-19(28)25(21)2;1-19-10-12-11-22-25(15-6-4-14(21)5-7-15)16(12)9-13(19)3-2-8-20(19)17(27)23-18(26)24-20/h3-5,7-8,10-13,15,17H,6,9,14,16,18H2,1-2H3;2-4,6-7,9-12,14,16H,5,8,13,15,17H2,1H3,(H,30,33,34);5-8,10,12H,3-4,9,11H2,1-2H3,(H,24,27,28);4-7,9,11H,2-3,8,10H2,1H3,(H2,23,24,26,27)/t27-,28-;26-,27-;20-,21-;19-,20+/m0000/s1. The van der Waals surface area contributed by atoms with E-state index in [0.29, 0.717) is 56.6 Å². The number of urea groups is 4. The molecule has 632 valence electrons. The van der Waals surface area contributed by atoms with E-state index >= 15 is 0 Å². The second-order valence-corrected chi connectivity index (χ2v) is 36.1. The van der Waals surface area contributed by atoms with Crippen LogP contribution in [0, 0.1) is 44.9 Å². The van der Waals surface area contributed by atoms with Gasteiger partial charge in [0.05, 0.1) is 70.3 Å². The van der Waals surface area contributed by atoms with Gasteiger partial charge in [-0.05, 0) is 257 Å². The number of carbonyl (C=O) groups is 7. The van der Waals surface area contributed by atoms with Gasteiger partial charge in [-0.1, -0.05) is 123 Å². The average Bonchev–Trinajstić information content (AvgIpc) is 1.50.